The summed E-state index contributed by atoms with van der Waals surface area (Å²) in [5.41, 5.74) is 1.53. The highest BCUT2D eigenvalue weighted by atomic mass is 16.5. The topological polar surface area (TPSA) is 79.8 Å². The van der Waals surface area contributed by atoms with Crippen LogP contribution in [0.4, 0.5) is 21.9 Å². The molecule has 2 aromatic rings. The van der Waals surface area contributed by atoms with Crippen LogP contribution in [0.15, 0.2) is 53.7 Å². The van der Waals surface area contributed by atoms with Crippen molar-refractivity contribution >= 4 is 23.1 Å². The fourth-order valence-electron chi connectivity index (χ4n) is 1.57. The molecule has 6 nitrogen and oxygen atoms in total. The molecule has 0 fully saturated rings. The van der Waals surface area contributed by atoms with Gasteiger partial charge in [0.05, 0.1) is 7.11 Å². The second kappa shape index (κ2) is 6.33. The lowest BCUT2D eigenvalue weighted by Crippen LogP contribution is -2.19. The molecule has 0 aromatic heterocycles. The lowest BCUT2D eigenvalue weighted by molar-refractivity contribution is 0.262. The van der Waals surface area contributed by atoms with Gasteiger partial charge in [0.25, 0.3) is 0 Å². The number of hydrogen-bond acceptors (Lipinski definition) is 4. The van der Waals surface area contributed by atoms with E-state index in [9.17, 15) is 9.70 Å². The number of urea groups is 1. The quantitative estimate of drug-likeness (QED) is 0.831. The van der Waals surface area contributed by atoms with E-state index in [0.717, 1.165) is 0 Å². The van der Waals surface area contributed by atoms with Crippen molar-refractivity contribution in [2.45, 2.75) is 0 Å². The van der Waals surface area contributed by atoms with Gasteiger partial charge in [0, 0.05) is 11.4 Å². The summed E-state index contributed by atoms with van der Waals surface area (Å²) >= 11 is 0. The van der Waals surface area contributed by atoms with Crippen molar-refractivity contribution in [2.24, 2.45) is 5.18 Å². The molecule has 0 aliphatic carbocycles. The minimum atomic E-state index is -0.373. The first-order valence-corrected chi connectivity index (χ1v) is 5.87. The normalized spacial score (nSPS) is 9.65. The number of hydrogen-bond donors (Lipinski definition) is 2. The summed E-state index contributed by atoms with van der Waals surface area (Å²) in [5, 5.41) is 8.11. The van der Waals surface area contributed by atoms with Gasteiger partial charge >= 0.3 is 6.03 Å². The van der Waals surface area contributed by atoms with Crippen molar-refractivity contribution in [3.63, 3.8) is 0 Å². The van der Waals surface area contributed by atoms with E-state index < -0.39 is 0 Å². The lowest BCUT2D eigenvalue weighted by Gasteiger charge is -2.08. The number of amides is 2. The summed E-state index contributed by atoms with van der Waals surface area (Å²) < 4.78 is 5.03. The zero-order valence-electron chi connectivity index (χ0n) is 10.8. The molecule has 0 saturated heterocycles. The Hall–Kier alpha value is -2.89. The Morgan fingerprint density at radius 1 is 0.950 bits per heavy atom. The van der Waals surface area contributed by atoms with Gasteiger partial charge in [-0.05, 0) is 53.7 Å². The van der Waals surface area contributed by atoms with Gasteiger partial charge in [-0.15, -0.1) is 4.91 Å². The Labute approximate surface area is 115 Å². The third-order valence-corrected chi connectivity index (χ3v) is 2.58. The van der Waals surface area contributed by atoms with E-state index in [4.69, 9.17) is 4.74 Å². The number of carbonyl (C=O) groups is 1. The first-order chi connectivity index (χ1) is 9.71. The van der Waals surface area contributed by atoms with Crippen LogP contribution in [0.2, 0.25) is 0 Å². The maximum absolute atomic E-state index is 11.8. The predicted octanol–water partition coefficient (Wildman–Crippen LogP) is 3.74. The number of nitroso groups, excluding NO2 is 1. The van der Waals surface area contributed by atoms with Crippen molar-refractivity contribution in [3.8, 4) is 5.75 Å². The molecular formula is C14H13N3O3. The van der Waals surface area contributed by atoms with Crippen LogP contribution >= 0.6 is 0 Å². The molecule has 2 rings (SSSR count). The van der Waals surface area contributed by atoms with E-state index in [1.165, 1.54) is 12.1 Å². The minimum Gasteiger partial charge on any atom is -0.497 e. The average Bonchev–Trinajstić information content (AvgIpc) is 2.49. The second-order valence-electron chi connectivity index (χ2n) is 3.95. The van der Waals surface area contributed by atoms with E-state index in [2.05, 4.69) is 15.8 Å². The van der Waals surface area contributed by atoms with Gasteiger partial charge in [-0.1, -0.05) is 0 Å². The molecule has 0 unspecified atom stereocenters. The molecule has 2 aromatic carbocycles. The Balaban J connectivity index is 1.95. The van der Waals surface area contributed by atoms with Crippen LogP contribution in [0.25, 0.3) is 0 Å². The van der Waals surface area contributed by atoms with Crippen molar-refractivity contribution in [2.75, 3.05) is 17.7 Å². The number of ether oxygens (including phenoxy) is 1. The summed E-state index contributed by atoms with van der Waals surface area (Å²) in [6.45, 7) is 0. The summed E-state index contributed by atoms with van der Waals surface area (Å²) in [7, 11) is 1.58. The summed E-state index contributed by atoms with van der Waals surface area (Å²) in [4.78, 5) is 22.0. The lowest BCUT2D eigenvalue weighted by atomic mass is 10.3. The number of methoxy groups -OCH3 is 1. The van der Waals surface area contributed by atoms with E-state index in [0.29, 0.717) is 22.8 Å². The fourth-order valence-corrected chi connectivity index (χ4v) is 1.57. The van der Waals surface area contributed by atoms with Crippen LogP contribution in [0.1, 0.15) is 0 Å². The molecule has 0 bridgehead atoms. The van der Waals surface area contributed by atoms with Gasteiger partial charge < -0.3 is 15.4 Å². The number of rotatable bonds is 4. The largest absolute Gasteiger partial charge is 0.497 e. The maximum Gasteiger partial charge on any atom is 0.323 e. The third-order valence-electron chi connectivity index (χ3n) is 2.58. The van der Waals surface area contributed by atoms with Crippen LogP contribution in [0.3, 0.4) is 0 Å². The fraction of sp³-hybridized carbons (Fsp3) is 0.0714. The molecular weight excluding hydrogens is 258 g/mol. The van der Waals surface area contributed by atoms with Crippen molar-refractivity contribution < 1.29 is 9.53 Å². The van der Waals surface area contributed by atoms with E-state index in [1.807, 2.05) is 0 Å². The van der Waals surface area contributed by atoms with Gasteiger partial charge in [-0.2, -0.15) is 0 Å². The summed E-state index contributed by atoms with van der Waals surface area (Å²) in [6.07, 6.45) is 0. The standard InChI is InChI=1S/C14H13N3O3/c1-20-13-8-6-11(7-9-13)16-14(18)15-10-2-4-12(17-19)5-3-10/h2-9H,1H3,(H2,15,16,18). The first kappa shape index (κ1) is 13.5. The first-order valence-electron chi connectivity index (χ1n) is 5.87. The van der Waals surface area contributed by atoms with Gasteiger partial charge in [-0.3, -0.25) is 0 Å². The Morgan fingerprint density at radius 3 is 1.90 bits per heavy atom. The summed E-state index contributed by atoms with van der Waals surface area (Å²) in [6, 6.07) is 12.8. The highest BCUT2D eigenvalue weighted by Crippen LogP contribution is 2.17. The molecule has 2 amide bonds. The molecule has 0 aliphatic heterocycles. The predicted molar refractivity (Wildman–Crippen MR) is 77.5 cm³/mol. The Bertz CT molecular complexity index is 594. The third kappa shape index (κ3) is 3.55. The number of benzene rings is 2. The number of nitrogens with one attached hydrogen (secondary N) is 2. The van der Waals surface area contributed by atoms with Gasteiger partial charge in [0.15, 0.2) is 0 Å². The number of carbonyl (C=O) groups excluding carboxylic acids is 1. The molecule has 0 heterocycles. The van der Waals surface area contributed by atoms with Crippen LogP contribution < -0.4 is 15.4 Å². The van der Waals surface area contributed by atoms with Gasteiger partial charge in [0.2, 0.25) is 0 Å². The number of nitrogens with zero attached hydrogens (tertiary/aromatic N) is 1. The van der Waals surface area contributed by atoms with Crippen molar-refractivity contribution in [1.29, 1.82) is 0 Å². The molecule has 2 N–H and O–H groups in total. The van der Waals surface area contributed by atoms with Crippen molar-refractivity contribution in [1.82, 2.24) is 0 Å². The summed E-state index contributed by atoms with van der Waals surface area (Å²) in [5.74, 6) is 0.716. The molecule has 6 heteroatoms. The van der Waals surface area contributed by atoms with Crippen LogP contribution in [-0.2, 0) is 0 Å². The van der Waals surface area contributed by atoms with Gasteiger partial charge in [0.1, 0.15) is 11.4 Å². The van der Waals surface area contributed by atoms with Crippen LogP contribution in [-0.4, -0.2) is 13.1 Å². The van der Waals surface area contributed by atoms with E-state index in [-0.39, 0.29) is 6.03 Å². The van der Waals surface area contributed by atoms with Crippen molar-refractivity contribution in [3.05, 3.63) is 53.4 Å². The molecule has 0 spiro atoms. The molecule has 0 saturated carbocycles. The minimum absolute atomic E-state index is 0.311. The highest BCUT2D eigenvalue weighted by Gasteiger charge is 2.03. The Kier molecular flexibility index (Phi) is 4.28. The molecule has 0 atom stereocenters. The zero-order chi connectivity index (χ0) is 14.4. The molecule has 0 aliphatic rings. The number of anilines is 2. The molecule has 20 heavy (non-hydrogen) atoms. The van der Waals surface area contributed by atoms with Crippen LogP contribution in [0, 0.1) is 4.91 Å². The van der Waals surface area contributed by atoms with E-state index in [1.54, 1.807) is 43.5 Å². The SMILES string of the molecule is COc1ccc(NC(=O)Nc2ccc(N=O)cc2)cc1. The second-order valence-corrected chi connectivity index (χ2v) is 3.95. The monoisotopic (exact) mass is 271 g/mol. The average molecular weight is 271 g/mol. The van der Waals surface area contributed by atoms with E-state index >= 15 is 0 Å². The highest BCUT2D eigenvalue weighted by molar-refractivity contribution is 5.99. The van der Waals surface area contributed by atoms with Gasteiger partial charge in [-0.25, -0.2) is 4.79 Å². The molecule has 102 valence electrons. The zero-order valence-corrected chi connectivity index (χ0v) is 10.8. The van der Waals surface area contributed by atoms with Crippen LogP contribution in [0.5, 0.6) is 5.75 Å². The molecule has 0 radical (unpaired) electrons. The Morgan fingerprint density at radius 2 is 1.45 bits per heavy atom. The smallest absolute Gasteiger partial charge is 0.323 e. The maximum atomic E-state index is 11.8.